The molecule has 0 fully saturated rings. The number of ether oxygens (including phenoxy) is 1. The molecule has 39 heavy (non-hydrogen) atoms. The van der Waals surface area contributed by atoms with Gasteiger partial charge in [0, 0.05) is 35.3 Å². The van der Waals surface area contributed by atoms with E-state index < -0.39 is 24.0 Å². The van der Waals surface area contributed by atoms with Crippen LogP contribution in [0.5, 0.6) is 5.75 Å². The lowest BCUT2D eigenvalue weighted by atomic mass is 10.1. The second kappa shape index (κ2) is 15.6. The first-order valence-corrected chi connectivity index (χ1v) is 11.9. The summed E-state index contributed by atoms with van der Waals surface area (Å²) in [6.07, 6.45) is -1.19. The fourth-order valence-corrected chi connectivity index (χ4v) is 3.51. The van der Waals surface area contributed by atoms with Gasteiger partial charge in [0.05, 0.1) is 13.2 Å². The monoisotopic (exact) mass is 527 g/mol. The maximum absolute atomic E-state index is 12.3. The van der Waals surface area contributed by atoms with Crippen molar-refractivity contribution in [2.24, 2.45) is 0 Å². The molecule has 0 spiro atoms. The van der Waals surface area contributed by atoms with Crippen molar-refractivity contribution >= 4 is 11.8 Å². The molecular weight excluding hydrogens is 494 g/mol. The maximum atomic E-state index is 12.3. The van der Waals surface area contributed by atoms with Crippen LogP contribution < -0.4 is 20.9 Å². The summed E-state index contributed by atoms with van der Waals surface area (Å²) in [6, 6.07) is 20.9. The van der Waals surface area contributed by atoms with Crippen molar-refractivity contribution in [3.63, 3.8) is 0 Å². The molecule has 8 nitrogen and oxygen atoms in total. The summed E-state index contributed by atoms with van der Waals surface area (Å²) >= 11 is 0. The molecule has 0 bridgehead atoms. The summed E-state index contributed by atoms with van der Waals surface area (Å²) in [6.45, 7) is 2.75. The highest BCUT2D eigenvalue weighted by atomic mass is 16.5. The Kier molecular flexibility index (Phi) is 12.3. The van der Waals surface area contributed by atoms with E-state index in [1.807, 2.05) is 48.5 Å². The van der Waals surface area contributed by atoms with Crippen molar-refractivity contribution in [2.45, 2.75) is 39.6 Å². The normalized spacial score (nSPS) is 11.3. The van der Waals surface area contributed by atoms with E-state index in [4.69, 9.17) is 9.94 Å². The van der Waals surface area contributed by atoms with Gasteiger partial charge in [0.15, 0.2) is 0 Å². The molecule has 0 saturated carbocycles. The van der Waals surface area contributed by atoms with Gasteiger partial charge in [-0.25, -0.2) is 5.48 Å². The number of hydrogen-bond donors (Lipinski definition) is 5. The zero-order valence-corrected chi connectivity index (χ0v) is 21.1. The van der Waals surface area contributed by atoms with E-state index in [2.05, 4.69) is 34.3 Å². The summed E-state index contributed by atoms with van der Waals surface area (Å²) < 4.78 is 5.37. The van der Waals surface area contributed by atoms with Crippen LogP contribution in [-0.2, 0) is 17.9 Å². The number of hydroxylamine groups is 1. The van der Waals surface area contributed by atoms with E-state index in [9.17, 15) is 14.7 Å². The summed E-state index contributed by atoms with van der Waals surface area (Å²) in [5.41, 5.74) is 5.44. The van der Waals surface area contributed by atoms with Gasteiger partial charge >= 0.3 is 0 Å². The molecule has 3 aromatic rings. The highest BCUT2D eigenvalue weighted by Crippen LogP contribution is 2.17. The van der Waals surface area contributed by atoms with E-state index in [1.165, 1.54) is 12.4 Å². The lowest BCUT2D eigenvalue weighted by molar-refractivity contribution is -0.133. The SMILES string of the molecule is C.COc1ccccc1CNCc1ccc(C#CC#Cc2ccc(C(=O)N[C@H](C(=O)NO)[C@@H](C)O)cc2)cc1. The molecule has 0 heterocycles. The molecule has 0 unspecified atom stereocenters. The third-order valence-electron chi connectivity index (χ3n) is 5.58. The van der Waals surface area contributed by atoms with Gasteiger partial charge in [-0.1, -0.05) is 49.6 Å². The van der Waals surface area contributed by atoms with Gasteiger partial charge in [-0.3, -0.25) is 14.8 Å². The molecule has 0 aliphatic rings. The van der Waals surface area contributed by atoms with E-state index in [0.717, 1.165) is 22.4 Å². The maximum Gasteiger partial charge on any atom is 0.268 e. The first-order chi connectivity index (χ1) is 18.4. The van der Waals surface area contributed by atoms with Crippen LogP contribution in [0.25, 0.3) is 0 Å². The number of carbonyl (C=O) groups is 2. The predicted molar refractivity (Wildman–Crippen MR) is 150 cm³/mol. The average molecular weight is 528 g/mol. The number of nitrogens with one attached hydrogen (secondary N) is 3. The number of rotatable bonds is 9. The molecule has 0 aliphatic carbocycles. The van der Waals surface area contributed by atoms with Crippen LogP contribution in [0.4, 0.5) is 0 Å². The van der Waals surface area contributed by atoms with Crippen molar-refractivity contribution < 1.29 is 24.6 Å². The smallest absolute Gasteiger partial charge is 0.268 e. The summed E-state index contributed by atoms with van der Waals surface area (Å²) in [4.78, 5) is 23.9. The third kappa shape index (κ3) is 9.33. The second-order valence-electron chi connectivity index (χ2n) is 8.36. The molecule has 2 amide bonds. The minimum absolute atomic E-state index is 0. The zero-order valence-electron chi connectivity index (χ0n) is 21.1. The van der Waals surface area contributed by atoms with Gasteiger partial charge in [-0.15, -0.1) is 0 Å². The van der Waals surface area contributed by atoms with Crippen molar-refractivity contribution in [3.8, 4) is 29.4 Å². The Bertz CT molecular complexity index is 1360. The fourth-order valence-electron chi connectivity index (χ4n) is 3.51. The minimum Gasteiger partial charge on any atom is -0.496 e. The van der Waals surface area contributed by atoms with Gasteiger partial charge in [0.25, 0.3) is 11.8 Å². The van der Waals surface area contributed by atoms with Crippen LogP contribution in [-0.4, -0.2) is 41.4 Å². The number of hydrogen-bond acceptors (Lipinski definition) is 6. The Balaban J connectivity index is 0.00000533. The number of carbonyl (C=O) groups excluding carboxylic acids is 2. The Morgan fingerprint density at radius 3 is 2.05 bits per heavy atom. The number of aliphatic hydroxyl groups excluding tert-OH is 1. The molecule has 0 aromatic heterocycles. The fraction of sp³-hybridized carbons (Fsp3) is 0.226. The number of aliphatic hydroxyl groups is 1. The number of para-hydroxylation sites is 1. The van der Waals surface area contributed by atoms with Gasteiger partial charge in [0.2, 0.25) is 0 Å². The topological polar surface area (TPSA) is 120 Å². The standard InChI is InChI=1S/C30H29N3O5.CH4/c1-21(34)28(30(36)33-37)32-29(35)25-17-15-23(16-18-25)8-4-3-7-22-11-13-24(14-12-22)19-31-20-26-9-5-6-10-27(26)38-2;/h5-6,9-18,21,28,31,34,37H,19-20H2,1-2H3,(H,32,35)(H,33,36);1H4/t21-,28+;/m1./s1. The molecule has 2 atom stereocenters. The second-order valence-corrected chi connectivity index (χ2v) is 8.36. The Morgan fingerprint density at radius 2 is 1.49 bits per heavy atom. The molecule has 0 saturated heterocycles. The number of benzene rings is 3. The highest BCUT2D eigenvalue weighted by molar-refractivity contribution is 5.97. The minimum atomic E-state index is -1.29. The Hall–Kier alpha value is -4.60. The van der Waals surface area contributed by atoms with Crippen molar-refractivity contribution in [3.05, 3.63) is 101 Å². The van der Waals surface area contributed by atoms with Crippen LogP contribution in [0.2, 0.25) is 0 Å². The highest BCUT2D eigenvalue weighted by Gasteiger charge is 2.25. The Morgan fingerprint density at radius 1 is 0.897 bits per heavy atom. The molecule has 0 radical (unpaired) electrons. The summed E-state index contributed by atoms with van der Waals surface area (Å²) in [5.74, 6) is 10.9. The van der Waals surface area contributed by atoms with Crippen molar-refractivity contribution in [2.75, 3.05) is 7.11 Å². The molecule has 202 valence electrons. The van der Waals surface area contributed by atoms with Crippen LogP contribution in [0.3, 0.4) is 0 Å². The Labute approximate surface area is 229 Å². The molecule has 3 rings (SSSR count). The van der Waals surface area contributed by atoms with Crippen LogP contribution in [0.1, 0.15) is 47.0 Å². The molecular formula is C31H33N3O5. The van der Waals surface area contributed by atoms with Gasteiger partial charge in [-0.2, -0.15) is 0 Å². The molecule has 3 aromatic carbocycles. The average Bonchev–Trinajstić information content (AvgIpc) is 2.94. The third-order valence-corrected chi connectivity index (χ3v) is 5.58. The van der Waals surface area contributed by atoms with Crippen molar-refractivity contribution in [1.82, 2.24) is 16.1 Å². The first kappa shape index (κ1) is 30.6. The van der Waals surface area contributed by atoms with E-state index in [0.29, 0.717) is 18.7 Å². The lowest BCUT2D eigenvalue weighted by Crippen LogP contribution is -2.51. The van der Waals surface area contributed by atoms with E-state index >= 15 is 0 Å². The first-order valence-electron chi connectivity index (χ1n) is 11.9. The van der Waals surface area contributed by atoms with Gasteiger partial charge in [-0.05, 0) is 66.8 Å². The quantitative estimate of drug-likeness (QED) is 0.166. The van der Waals surface area contributed by atoms with Crippen LogP contribution in [0.15, 0.2) is 72.8 Å². The van der Waals surface area contributed by atoms with E-state index in [1.54, 1.807) is 31.4 Å². The van der Waals surface area contributed by atoms with E-state index in [-0.39, 0.29) is 13.0 Å². The summed E-state index contributed by atoms with van der Waals surface area (Å²) in [5, 5.41) is 24.2. The van der Waals surface area contributed by atoms with Crippen LogP contribution in [0, 0.1) is 23.7 Å². The largest absolute Gasteiger partial charge is 0.496 e. The van der Waals surface area contributed by atoms with Gasteiger partial charge < -0.3 is 20.5 Å². The molecule has 8 heteroatoms. The van der Waals surface area contributed by atoms with Gasteiger partial charge in [0.1, 0.15) is 11.8 Å². The number of amides is 2. The molecule has 0 aliphatic heterocycles. The number of methoxy groups -OCH3 is 1. The van der Waals surface area contributed by atoms with Crippen molar-refractivity contribution in [1.29, 1.82) is 0 Å². The summed E-state index contributed by atoms with van der Waals surface area (Å²) in [7, 11) is 1.67. The lowest BCUT2D eigenvalue weighted by Gasteiger charge is -2.19. The van der Waals surface area contributed by atoms with Crippen LogP contribution >= 0.6 is 0 Å². The predicted octanol–water partition coefficient (Wildman–Crippen LogP) is 3.01. The zero-order chi connectivity index (χ0) is 27.3. The molecule has 5 N–H and O–H groups in total.